The Balaban J connectivity index is 1.18. The molecule has 1 heteroatoms. The molecule has 0 bridgehead atoms. The first-order valence-electron chi connectivity index (χ1n) is 16.4. The number of rotatable bonds is 2. The van der Waals surface area contributed by atoms with Crippen LogP contribution >= 0.6 is 0 Å². The molecule has 10 aromatic rings. The molecule has 11 rings (SSSR count). The highest BCUT2D eigenvalue weighted by molar-refractivity contribution is 6.36. The van der Waals surface area contributed by atoms with Gasteiger partial charge in [0.05, 0.1) is 11.0 Å². The summed E-state index contributed by atoms with van der Waals surface area (Å²) in [5.74, 6) is 0. The summed E-state index contributed by atoms with van der Waals surface area (Å²) < 4.78 is 2.48. The van der Waals surface area contributed by atoms with Gasteiger partial charge in [-0.2, -0.15) is 0 Å². The first-order chi connectivity index (χ1) is 23.3. The van der Waals surface area contributed by atoms with Gasteiger partial charge in [0.15, 0.2) is 0 Å². The summed E-state index contributed by atoms with van der Waals surface area (Å²) in [6, 6.07) is 60.6. The minimum absolute atomic E-state index is 1.17. The second kappa shape index (κ2) is 9.19. The van der Waals surface area contributed by atoms with Crippen LogP contribution in [0, 0.1) is 0 Å². The number of hydrogen-bond acceptors (Lipinski definition) is 0. The Morgan fingerprint density at radius 2 is 0.957 bits per heavy atom. The van der Waals surface area contributed by atoms with E-state index in [0.717, 1.165) is 0 Å². The molecule has 0 unspecified atom stereocenters. The second-order valence-corrected chi connectivity index (χ2v) is 12.8. The van der Waals surface area contributed by atoms with Gasteiger partial charge in [0, 0.05) is 21.8 Å². The highest BCUT2D eigenvalue weighted by Gasteiger charge is 2.24. The summed E-state index contributed by atoms with van der Waals surface area (Å²) in [5, 5.41) is 13.0. The van der Waals surface area contributed by atoms with E-state index in [1.807, 2.05) is 0 Å². The van der Waals surface area contributed by atoms with Crippen molar-refractivity contribution in [1.29, 1.82) is 0 Å². The molecule has 0 amide bonds. The van der Waals surface area contributed by atoms with Crippen molar-refractivity contribution in [3.8, 4) is 39.1 Å². The lowest BCUT2D eigenvalue weighted by molar-refractivity contribution is 1.19. The van der Waals surface area contributed by atoms with Gasteiger partial charge in [-0.25, -0.2) is 0 Å². The molecule has 1 aliphatic rings. The molecular formula is C46H27N. The summed E-state index contributed by atoms with van der Waals surface area (Å²) in [7, 11) is 0. The smallest absolute Gasteiger partial charge is 0.0625 e. The van der Waals surface area contributed by atoms with Crippen LogP contribution in [0.4, 0.5) is 0 Å². The standard InChI is InChI=1S/C46H27N/c1-2-13-32-28(10-1)24-27-40-44(32)36-14-3-4-15-37(36)46-45(40)38-16-5-6-21-41(38)47(46)31-25-22-29(23-26-31)33-17-9-19-35-34-18-7-11-30-12-8-20-39(42(30)34)43(33)35/h1-27H. The van der Waals surface area contributed by atoms with Crippen molar-refractivity contribution in [3.63, 3.8) is 0 Å². The molecule has 0 saturated carbocycles. The van der Waals surface area contributed by atoms with Crippen LogP contribution in [-0.2, 0) is 0 Å². The van der Waals surface area contributed by atoms with Crippen LogP contribution in [0.3, 0.4) is 0 Å². The number of aromatic nitrogens is 1. The van der Waals surface area contributed by atoms with Gasteiger partial charge < -0.3 is 4.57 Å². The van der Waals surface area contributed by atoms with Gasteiger partial charge in [0.25, 0.3) is 0 Å². The van der Waals surface area contributed by atoms with Crippen molar-refractivity contribution in [2.45, 2.75) is 0 Å². The Morgan fingerprint density at radius 1 is 0.319 bits per heavy atom. The van der Waals surface area contributed by atoms with Crippen LogP contribution in [0.2, 0.25) is 0 Å². The number of benzene rings is 9. The van der Waals surface area contributed by atoms with Crippen LogP contribution in [0.1, 0.15) is 0 Å². The predicted octanol–water partition coefficient (Wildman–Crippen LogP) is 12.7. The molecule has 0 saturated heterocycles. The third-order valence-electron chi connectivity index (χ3n) is 10.5. The summed E-state index contributed by atoms with van der Waals surface area (Å²) >= 11 is 0. The molecule has 0 radical (unpaired) electrons. The van der Waals surface area contributed by atoms with E-state index in [1.165, 1.54) is 104 Å². The Kier molecular flexibility index (Phi) is 4.90. The molecule has 1 aliphatic carbocycles. The summed E-state index contributed by atoms with van der Waals surface area (Å²) in [6.45, 7) is 0. The monoisotopic (exact) mass is 593 g/mol. The van der Waals surface area contributed by atoms with Crippen molar-refractivity contribution in [2.75, 3.05) is 0 Å². The molecule has 47 heavy (non-hydrogen) atoms. The maximum atomic E-state index is 2.48. The van der Waals surface area contributed by atoms with Crippen LogP contribution in [0.25, 0.3) is 104 Å². The lowest BCUT2D eigenvalue weighted by atomic mass is 9.92. The van der Waals surface area contributed by atoms with E-state index in [4.69, 9.17) is 0 Å². The lowest BCUT2D eigenvalue weighted by Gasteiger charge is -2.15. The first kappa shape index (κ1) is 25.1. The zero-order chi connectivity index (χ0) is 30.6. The minimum Gasteiger partial charge on any atom is -0.309 e. The number of hydrogen-bond donors (Lipinski definition) is 0. The third-order valence-corrected chi connectivity index (χ3v) is 10.5. The molecule has 1 nitrogen and oxygen atoms in total. The number of para-hydroxylation sites is 1. The molecular weight excluding hydrogens is 567 g/mol. The van der Waals surface area contributed by atoms with E-state index in [-0.39, 0.29) is 0 Å². The average molecular weight is 594 g/mol. The number of nitrogens with zero attached hydrogens (tertiary/aromatic N) is 1. The zero-order valence-corrected chi connectivity index (χ0v) is 25.5. The van der Waals surface area contributed by atoms with Gasteiger partial charge in [-0.3, -0.25) is 0 Å². The third kappa shape index (κ3) is 3.28. The maximum absolute atomic E-state index is 2.48. The van der Waals surface area contributed by atoms with E-state index in [0.29, 0.717) is 0 Å². The van der Waals surface area contributed by atoms with Crippen molar-refractivity contribution >= 4 is 64.9 Å². The quantitative estimate of drug-likeness (QED) is 0.176. The van der Waals surface area contributed by atoms with Crippen LogP contribution in [-0.4, -0.2) is 4.57 Å². The lowest BCUT2D eigenvalue weighted by Crippen LogP contribution is -1.95. The van der Waals surface area contributed by atoms with Gasteiger partial charge in [-0.1, -0.05) is 146 Å². The van der Waals surface area contributed by atoms with Crippen molar-refractivity contribution < 1.29 is 0 Å². The van der Waals surface area contributed by atoms with Crippen molar-refractivity contribution in [1.82, 2.24) is 4.57 Å². The molecule has 0 spiro atoms. The first-order valence-corrected chi connectivity index (χ1v) is 16.4. The Hall–Kier alpha value is -6.18. The van der Waals surface area contributed by atoms with Gasteiger partial charge >= 0.3 is 0 Å². The SMILES string of the molecule is c1cc(-c2ccc(-n3c4ccccc4c4c5ccc6ccccc6c5c5ccccc5c43)cc2)c2c(c1)-c1cccc3cccc-2c13. The minimum atomic E-state index is 1.17. The van der Waals surface area contributed by atoms with Crippen molar-refractivity contribution in [2.24, 2.45) is 0 Å². The highest BCUT2D eigenvalue weighted by Crippen LogP contribution is 2.51. The van der Waals surface area contributed by atoms with E-state index in [9.17, 15) is 0 Å². The van der Waals surface area contributed by atoms with Crippen LogP contribution in [0.15, 0.2) is 164 Å². The zero-order valence-electron chi connectivity index (χ0n) is 25.5. The van der Waals surface area contributed by atoms with Crippen molar-refractivity contribution in [3.05, 3.63) is 164 Å². The molecule has 9 aromatic carbocycles. The fraction of sp³-hybridized carbons (Fsp3) is 0. The fourth-order valence-electron chi connectivity index (χ4n) is 8.58. The van der Waals surface area contributed by atoms with Gasteiger partial charge in [-0.05, 0) is 89.3 Å². The second-order valence-electron chi connectivity index (χ2n) is 12.8. The molecule has 0 N–H and O–H groups in total. The van der Waals surface area contributed by atoms with E-state index >= 15 is 0 Å². The Bertz CT molecular complexity index is 2940. The Labute approximate surface area is 271 Å². The van der Waals surface area contributed by atoms with Crippen LogP contribution < -0.4 is 0 Å². The predicted molar refractivity (Wildman–Crippen MR) is 201 cm³/mol. The fourth-order valence-corrected chi connectivity index (χ4v) is 8.58. The summed E-state index contributed by atoms with van der Waals surface area (Å²) in [4.78, 5) is 0. The number of fused-ring (bicyclic) bond motifs is 13. The van der Waals surface area contributed by atoms with E-state index in [2.05, 4.69) is 168 Å². The Morgan fingerprint density at radius 3 is 1.81 bits per heavy atom. The van der Waals surface area contributed by atoms with E-state index < -0.39 is 0 Å². The molecule has 1 heterocycles. The summed E-state index contributed by atoms with van der Waals surface area (Å²) in [6.07, 6.45) is 0. The molecule has 0 aliphatic heterocycles. The van der Waals surface area contributed by atoms with E-state index in [1.54, 1.807) is 0 Å². The van der Waals surface area contributed by atoms with Crippen LogP contribution in [0.5, 0.6) is 0 Å². The molecule has 0 atom stereocenters. The topological polar surface area (TPSA) is 4.93 Å². The molecule has 1 aromatic heterocycles. The normalized spacial score (nSPS) is 12.3. The molecule has 216 valence electrons. The van der Waals surface area contributed by atoms with Gasteiger partial charge in [0.1, 0.15) is 0 Å². The maximum Gasteiger partial charge on any atom is 0.0625 e. The molecule has 0 fully saturated rings. The average Bonchev–Trinajstić information content (AvgIpc) is 3.67. The largest absolute Gasteiger partial charge is 0.309 e. The van der Waals surface area contributed by atoms with Gasteiger partial charge in [-0.15, -0.1) is 0 Å². The highest BCUT2D eigenvalue weighted by atomic mass is 15.0. The summed E-state index contributed by atoms with van der Waals surface area (Å²) in [5.41, 5.74) is 11.5. The van der Waals surface area contributed by atoms with Gasteiger partial charge in [0.2, 0.25) is 0 Å².